The molecule has 0 saturated carbocycles. The average molecular weight is 433 g/mol. The van der Waals surface area contributed by atoms with Crippen molar-refractivity contribution in [1.82, 2.24) is 15.5 Å². The highest BCUT2D eigenvalue weighted by Gasteiger charge is 2.39. The number of alkyl carbamates (subject to hydrolysis) is 1. The largest absolute Gasteiger partial charge is 0.446 e. The maximum atomic E-state index is 12.9. The number of carbonyl (C=O) groups excluding carboxylic acids is 4. The van der Waals surface area contributed by atoms with Gasteiger partial charge in [-0.3, -0.25) is 19.7 Å². The number of fused-ring (bicyclic) bond motifs is 2. The smallest absolute Gasteiger partial charge is 0.407 e. The minimum absolute atomic E-state index is 0.170. The van der Waals surface area contributed by atoms with Crippen LogP contribution in [0.15, 0.2) is 42.5 Å². The maximum Gasteiger partial charge on any atom is 0.407 e. The third-order valence-corrected chi connectivity index (χ3v) is 6.32. The molecular formula is C24H23N3O5. The van der Waals surface area contributed by atoms with Gasteiger partial charge in [-0.05, 0) is 34.7 Å². The molecule has 1 unspecified atom stereocenters. The van der Waals surface area contributed by atoms with Crippen LogP contribution in [0.3, 0.4) is 0 Å². The van der Waals surface area contributed by atoms with Crippen LogP contribution in [0, 0.1) is 0 Å². The predicted molar refractivity (Wildman–Crippen MR) is 113 cm³/mol. The van der Waals surface area contributed by atoms with E-state index in [1.807, 2.05) is 24.3 Å². The third-order valence-electron chi connectivity index (χ3n) is 6.32. The topological polar surface area (TPSA) is 105 Å². The fourth-order valence-corrected chi connectivity index (χ4v) is 4.68. The quantitative estimate of drug-likeness (QED) is 0.716. The number of imide groups is 1. The van der Waals surface area contributed by atoms with Gasteiger partial charge in [0.05, 0.1) is 0 Å². The summed E-state index contributed by atoms with van der Waals surface area (Å²) in [6.07, 6.45) is 1.33. The van der Waals surface area contributed by atoms with Crippen LogP contribution >= 0.6 is 0 Å². The first-order valence-electron chi connectivity index (χ1n) is 10.8. The van der Waals surface area contributed by atoms with E-state index in [-0.39, 0.29) is 30.9 Å². The normalized spacial score (nSPS) is 20.1. The zero-order valence-corrected chi connectivity index (χ0v) is 17.4. The van der Waals surface area contributed by atoms with E-state index in [9.17, 15) is 19.2 Å². The summed E-state index contributed by atoms with van der Waals surface area (Å²) in [6, 6.07) is 12.9. The number of amides is 4. The van der Waals surface area contributed by atoms with E-state index in [2.05, 4.69) is 22.8 Å². The van der Waals surface area contributed by atoms with Gasteiger partial charge >= 0.3 is 6.09 Å². The zero-order valence-electron chi connectivity index (χ0n) is 17.4. The number of piperidine rings is 1. The van der Waals surface area contributed by atoms with Crippen LogP contribution in [-0.4, -0.2) is 40.9 Å². The van der Waals surface area contributed by atoms with Crippen molar-refractivity contribution in [3.63, 3.8) is 0 Å². The molecule has 8 nitrogen and oxygen atoms in total. The summed E-state index contributed by atoms with van der Waals surface area (Å²) in [4.78, 5) is 50.2. The van der Waals surface area contributed by atoms with Crippen LogP contribution in [0.5, 0.6) is 0 Å². The highest BCUT2D eigenvalue weighted by Crippen LogP contribution is 2.28. The van der Waals surface area contributed by atoms with E-state index in [1.54, 1.807) is 6.07 Å². The fraction of sp³-hybridized carbons (Fsp3) is 0.333. The van der Waals surface area contributed by atoms with Crippen molar-refractivity contribution in [3.05, 3.63) is 70.3 Å². The Bertz CT molecular complexity index is 1100. The van der Waals surface area contributed by atoms with Gasteiger partial charge in [0.25, 0.3) is 5.91 Å². The van der Waals surface area contributed by atoms with E-state index in [0.29, 0.717) is 31.4 Å². The summed E-state index contributed by atoms with van der Waals surface area (Å²) in [6.45, 7) is 0.565. The first kappa shape index (κ1) is 20.2. The molecule has 2 heterocycles. The molecule has 164 valence electrons. The molecule has 0 aromatic heterocycles. The van der Waals surface area contributed by atoms with E-state index >= 15 is 0 Å². The first-order chi connectivity index (χ1) is 15.5. The van der Waals surface area contributed by atoms with Crippen LogP contribution in [0.4, 0.5) is 4.79 Å². The Kier molecular flexibility index (Phi) is 5.13. The number of nitrogens with zero attached hydrogens (tertiary/aromatic N) is 1. The second-order valence-electron chi connectivity index (χ2n) is 8.45. The molecule has 4 amide bonds. The van der Waals surface area contributed by atoms with Gasteiger partial charge in [0.2, 0.25) is 11.8 Å². The number of hydrogen-bond acceptors (Lipinski definition) is 5. The predicted octanol–water partition coefficient (Wildman–Crippen LogP) is 1.84. The van der Waals surface area contributed by atoms with Crippen LogP contribution < -0.4 is 10.6 Å². The van der Waals surface area contributed by atoms with Gasteiger partial charge in [0.1, 0.15) is 12.1 Å². The summed E-state index contributed by atoms with van der Waals surface area (Å²) in [5, 5.41) is 5.06. The fourth-order valence-electron chi connectivity index (χ4n) is 4.68. The van der Waals surface area contributed by atoms with Crippen LogP contribution in [0.25, 0.3) is 0 Å². The van der Waals surface area contributed by atoms with Crippen LogP contribution in [0.2, 0.25) is 0 Å². The summed E-state index contributed by atoms with van der Waals surface area (Å²) in [5.41, 5.74) is 4.54. The lowest BCUT2D eigenvalue weighted by atomic mass is 10.0. The van der Waals surface area contributed by atoms with E-state index in [1.165, 1.54) is 16.0 Å². The molecule has 1 atom stereocenters. The Balaban J connectivity index is 1.18. The molecule has 2 aromatic carbocycles. The second-order valence-corrected chi connectivity index (χ2v) is 8.45. The second kappa shape index (κ2) is 8.11. The Labute approximate surface area is 184 Å². The van der Waals surface area contributed by atoms with Crippen molar-refractivity contribution >= 4 is 23.8 Å². The first-order valence-corrected chi connectivity index (χ1v) is 10.8. The molecule has 1 saturated heterocycles. The van der Waals surface area contributed by atoms with Gasteiger partial charge in [0, 0.05) is 37.9 Å². The van der Waals surface area contributed by atoms with Gasteiger partial charge < -0.3 is 15.0 Å². The monoisotopic (exact) mass is 433 g/mol. The number of hydrogen-bond donors (Lipinski definition) is 2. The lowest BCUT2D eigenvalue weighted by Gasteiger charge is -2.29. The van der Waals surface area contributed by atoms with E-state index in [4.69, 9.17) is 4.74 Å². The van der Waals surface area contributed by atoms with Crippen molar-refractivity contribution in [2.75, 3.05) is 0 Å². The molecule has 0 radical (unpaired) electrons. The molecular weight excluding hydrogens is 410 g/mol. The molecule has 1 fully saturated rings. The highest BCUT2D eigenvalue weighted by molar-refractivity contribution is 6.05. The number of carbonyl (C=O) groups is 4. The highest BCUT2D eigenvalue weighted by atomic mass is 16.6. The Morgan fingerprint density at radius 2 is 1.81 bits per heavy atom. The molecule has 2 aliphatic heterocycles. The molecule has 32 heavy (non-hydrogen) atoms. The Morgan fingerprint density at radius 1 is 1.06 bits per heavy atom. The van der Waals surface area contributed by atoms with Gasteiger partial charge in [-0.15, -0.1) is 0 Å². The number of nitrogens with one attached hydrogen (secondary N) is 2. The number of ether oxygens (including phenoxy) is 1. The molecule has 5 rings (SSSR count). The van der Waals surface area contributed by atoms with Gasteiger partial charge in [0.15, 0.2) is 0 Å². The molecule has 8 heteroatoms. The Hall–Kier alpha value is -3.68. The Morgan fingerprint density at radius 3 is 2.53 bits per heavy atom. The molecule has 2 N–H and O–H groups in total. The van der Waals surface area contributed by atoms with Crippen LogP contribution in [0.1, 0.15) is 45.5 Å². The van der Waals surface area contributed by atoms with Gasteiger partial charge in [-0.25, -0.2) is 4.79 Å². The molecule has 3 aliphatic rings. The summed E-state index contributed by atoms with van der Waals surface area (Å²) in [7, 11) is 0. The van der Waals surface area contributed by atoms with E-state index in [0.717, 1.165) is 11.1 Å². The average Bonchev–Trinajstić information content (AvgIpc) is 3.32. The third kappa shape index (κ3) is 3.84. The lowest BCUT2D eigenvalue weighted by molar-refractivity contribution is -0.136. The lowest BCUT2D eigenvalue weighted by Crippen LogP contribution is -2.52. The molecule has 2 aromatic rings. The van der Waals surface area contributed by atoms with Crippen molar-refractivity contribution < 1.29 is 23.9 Å². The summed E-state index contributed by atoms with van der Waals surface area (Å²) < 4.78 is 5.55. The van der Waals surface area contributed by atoms with Crippen LogP contribution in [-0.2, 0) is 40.3 Å². The summed E-state index contributed by atoms with van der Waals surface area (Å²) >= 11 is 0. The number of benzene rings is 2. The van der Waals surface area contributed by atoms with E-state index < -0.39 is 18.0 Å². The van der Waals surface area contributed by atoms with Gasteiger partial charge in [-0.1, -0.05) is 36.4 Å². The minimum Gasteiger partial charge on any atom is -0.446 e. The summed E-state index contributed by atoms with van der Waals surface area (Å²) in [5.74, 6) is -0.971. The molecule has 0 spiro atoms. The molecule has 0 bridgehead atoms. The maximum absolute atomic E-state index is 12.9. The minimum atomic E-state index is -0.639. The van der Waals surface area contributed by atoms with Crippen molar-refractivity contribution in [2.24, 2.45) is 0 Å². The molecule has 1 aliphatic carbocycles. The standard InChI is InChI=1S/C24H23N3O5/c28-21-8-7-20(22(29)26-21)27-13-17-6-5-14(9-19(17)23(27)30)12-25-24(31)32-18-10-15-3-1-2-4-16(15)11-18/h1-6,9,18,20H,7-8,10-13H2,(H,25,31)(H,26,28,29). The number of rotatable bonds is 4. The van der Waals surface area contributed by atoms with Crippen molar-refractivity contribution in [2.45, 2.75) is 50.9 Å². The van der Waals surface area contributed by atoms with Crippen molar-refractivity contribution in [3.8, 4) is 0 Å². The zero-order chi connectivity index (χ0) is 22.2. The van der Waals surface area contributed by atoms with Crippen molar-refractivity contribution in [1.29, 1.82) is 0 Å². The SMILES string of the molecule is O=C1CCC(N2Cc3ccc(CNC(=O)OC4Cc5ccccc5C4)cc3C2=O)C(=O)N1. The van der Waals surface area contributed by atoms with Gasteiger partial charge in [-0.2, -0.15) is 0 Å².